The van der Waals surface area contributed by atoms with Gasteiger partial charge in [-0.15, -0.1) is 0 Å². The van der Waals surface area contributed by atoms with Crippen LogP contribution in [0.25, 0.3) is 0 Å². The van der Waals surface area contributed by atoms with Gasteiger partial charge < -0.3 is 5.32 Å². The number of hydrogen-bond donors (Lipinski definition) is 1. The summed E-state index contributed by atoms with van der Waals surface area (Å²) in [6, 6.07) is 7.18. The zero-order valence-electron chi connectivity index (χ0n) is 13.1. The molecule has 2 heteroatoms. The summed E-state index contributed by atoms with van der Waals surface area (Å²) in [6.45, 7) is 6.76. The summed E-state index contributed by atoms with van der Waals surface area (Å²) in [5, 5.41) is 3.53. The smallest absolute Gasteiger partial charge is 0.123 e. The number of halogens is 1. The molecular weight excluding hydrogens is 261 g/mol. The zero-order chi connectivity index (χ0) is 14.8. The van der Waals surface area contributed by atoms with Crippen molar-refractivity contribution in [1.82, 2.24) is 5.32 Å². The minimum atomic E-state index is -0.135. The molecule has 1 aromatic rings. The van der Waals surface area contributed by atoms with Gasteiger partial charge in [0.25, 0.3) is 0 Å². The number of piperidine rings is 1. The highest BCUT2D eigenvalue weighted by Gasteiger charge is 2.34. The molecule has 0 saturated carbocycles. The van der Waals surface area contributed by atoms with Gasteiger partial charge >= 0.3 is 0 Å². The fraction of sp³-hybridized carbons (Fsp3) is 0.579. The van der Waals surface area contributed by atoms with E-state index < -0.39 is 0 Å². The minimum absolute atomic E-state index is 0.135. The van der Waals surface area contributed by atoms with Gasteiger partial charge in [-0.1, -0.05) is 30.7 Å². The molecule has 21 heavy (non-hydrogen) atoms. The van der Waals surface area contributed by atoms with Crippen molar-refractivity contribution in [2.24, 2.45) is 17.8 Å². The highest BCUT2D eigenvalue weighted by molar-refractivity contribution is 5.23. The van der Waals surface area contributed by atoms with E-state index in [2.05, 4.69) is 25.2 Å². The maximum absolute atomic E-state index is 13.2. The fourth-order valence-corrected chi connectivity index (χ4v) is 4.44. The van der Waals surface area contributed by atoms with E-state index in [0.29, 0.717) is 11.8 Å². The highest BCUT2D eigenvalue weighted by atomic mass is 19.1. The average Bonchev–Trinajstić information content (AvgIpc) is 2.47. The van der Waals surface area contributed by atoms with Gasteiger partial charge in [-0.05, 0) is 74.1 Å². The first-order chi connectivity index (χ1) is 10.1. The van der Waals surface area contributed by atoms with Crippen LogP contribution < -0.4 is 5.32 Å². The van der Waals surface area contributed by atoms with Gasteiger partial charge in [0.2, 0.25) is 0 Å². The Hall–Kier alpha value is -1.15. The molecule has 1 aromatic carbocycles. The van der Waals surface area contributed by atoms with Crippen molar-refractivity contribution in [2.75, 3.05) is 13.1 Å². The Labute approximate surface area is 127 Å². The van der Waals surface area contributed by atoms with Crippen LogP contribution in [0.1, 0.15) is 44.6 Å². The van der Waals surface area contributed by atoms with E-state index in [4.69, 9.17) is 0 Å². The Bertz CT molecular complexity index is 505. The topological polar surface area (TPSA) is 12.0 Å². The van der Waals surface area contributed by atoms with Crippen molar-refractivity contribution in [2.45, 2.75) is 39.0 Å². The molecule has 1 aliphatic carbocycles. The van der Waals surface area contributed by atoms with E-state index in [1.165, 1.54) is 24.8 Å². The second-order valence-electron chi connectivity index (χ2n) is 7.00. The Morgan fingerprint density at radius 1 is 1.19 bits per heavy atom. The third-order valence-electron chi connectivity index (χ3n) is 5.27. The van der Waals surface area contributed by atoms with Crippen molar-refractivity contribution < 1.29 is 4.39 Å². The molecule has 1 saturated heterocycles. The summed E-state index contributed by atoms with van der Waals surface area (Å²) >= 11 is 0. The molecule has 0 aromatic heterocycles. The Kier molecular flexibility index (Phi) is 4.44. The molecule has 3 rings (SSSR count). The van der Waals surface area contributed by atoms with Crippen LogP contribution in [0.5, 0.6) is 0 Å². The molecule has 2 aliphatic rings. The molecule has 0 amide bonds. The van der Waals surface area contributed by atoms with Gasteiger partial charge in [0.15, 0.2) is 0 Å². The Balaban J connectivity index is 1.81. The molecule has 0 spiro atoms. The first kappa shape index (κ1) is 14.8. The molecule has 0 radical (unpaired) electrons. The lowest BCUT2D eigenvalue weighted by molar-refractivity contribution is 0.194. The largest absolute Gasteiger partial charge is 0.316 e. The summed E-state index contributed by atoms with van der Waals surface area (Å²) in [5.41, 5.74) is 2.85. The zero-order valence-corrected chi connectivity index (χ0v) is 13.1. The summed E-state index contributed by atoms with van der Waals surface area (Å²) in [7, 11) is 0. The summed E-state index contributed by atoms with van der Waals surface area (Å²) in [6.07, 6.45) is 6.23. The number of allylic oxidation sites excluding steroid dienone is 2. The van der Waals surface area contributed by atoms with Crippen molar-refractivity contribution in [1.29, 1.82) is 0 Å². The molecule has 0 bridgehead atoms. The van der Waals surface area contributed by atoms with Gasteiger partial charge in [-0.25, -0.2) is 4.39 Å². The number of hydrogen-bond acceptors (Lipinski definition) is 1. The third kappa shape index (κ3) is 3.37. The average molecular weight is 287 g/mol. The standard InChI is InChI=1S/C19H26FN/c1-13-9-14(2)11-16(10-13)18-7-8-21-12-19(18)15-3-5-17(20)6-4-15/h3-6,9,13,16,18-19,21H,7-8,10-12H2,1-2H3. The number of nitrogens with one attached hydrogen (secondary N) is 1. The lowest BCUT2D eigenvalue weighted by Crippen LogP contribution is -2.39. The van der Waals surface area contributed by atoms with Gasteiger partial charge in [0, 0.05) is 6.54 Å². The van der Waals surface area contributed by atoms with Crippen LogP contribution in [-0.2, 0) is 0 Å². The van der Waals surface area contributed by atoms with E-state index in [1.54, 1.807) is 17.7 Å². The normalized spacial score (nSPS) is 33.6. The molecular formula is C19H26FN. The van der Waals surface area contributed by atoms with E-state index >= 15 is 0 Å². The third-order valence-corrected chi connectivity index (χ3v) is 5.27. The fourth-order valence-electron chi connectivity index (χ4n) is 4.44. The van der Waals surface area contributed by atoms with Crippen LogP contribution in [0.2, 0.25) is 0 Å². The predicted molar refractivity (Wildman–Crippen MR) is 85.8 cm³/mol. The Morgan fingerprint density at radius 3 is 2.67 bits per heavy atom. The molecule has 1 heterocycles. The lowest BCUT2D eigenvalue weighted by atomic mass is 9.68. The van der Waals surface area contributed by atoms with Crippen molar-refractivity contribution >= 4 is 0 Å². The molecule has 1 N–H and O–H groups in total. The minimum Gasteiger partial charge on any atom is -0.316 e. The molecule has 1 nitrogen and oxygen atoms in total. The van der Waals surface area contributed by atoms with Crippen LogP contribution in [0.3, 0.4) is 0 Å². The lowest BCUT2D eigenvalue weighted by Gasteiger charge is -2.40. The first-order valence-electron chi connectivity index (χ1n) is 8.27. The van der Waals surface area contributed by atoms with Crippen molar-refractivity contribution in [3.8, 4) is 0 Å². The van der Waals surface area contributed by atoms with Gasteiger partial charge in [0.05, 0.1) is 0 Å². The van der Waals surface area contributed by atoms with Crippen molar-refractivity contribution in [3.05, 3.63) is 47.3 Å². The maximum Gasteiger partial charge on any atom is 0.123 e. The van der Waals surface area contributed by atoms with E-state index in [9.17, 15) is 4.39 Å². The number of benzene rings is 1. The van der Waals surface area contributed by atoms with Crippen LogP contribution in [-0.4, -0.2) is 13.1 Å². The molecule has 114 valence electrons. The summed E-state index contributed by atoms with van der Waals surface area (Å²) in [4.78, 5) is 0. The number of rotatable bonds is 2. The molecule has 4 unspecified atom stereocenters. The summed E-state index contributed by atoms with van der Waals surface area (Å²) in [5.74, 6) is 2.60. The summed E-state index contributed by atoms with van der Waals surface area (Å²) < 4.78 is 13.2. The maximum atomic E-state index is 13.2. The molecule has 4 atom stereocenters. The van der Waals surface area contributed by atoms with Crippen molar-refractivity contribution in [3.63, 3.8) is 0 Å². The van der Waals surface area contributed by atoms with E-state index in [1.807, 2.05) is 12.1 Å². The highest BCUT2D eigenvalue weighted by Crippen LogP contribution is 2.42. The van der Waals surface area contributed by atoms with Gasteiger partial charge in [-0.3, -0.25) is 0 Å². The molecule has 1 aliphatic heterocycles. The monoisotopic (exact) mass is 287 g/mol. The molecule has 1 fully saturated rings. The predicted octanol–water partition coefficient (Wildman–Crippen LogP) is 4.51. The van der Waals surface area contributed by atoms with E-state index in [0.717, 1.165) is 24.9 Å². The SMILES string of the molecule is CC1=CC(C)CC(C2CCNCC2c2ccc(F)cc2)C1. The van der Waals surface area contributed by atoms with Gasteiger partial charge in [0.1, 0.15) is 5.82 Å². The van der Waals surface area contributed by atoms with Crippen LogP contribution in [0, 0.1) is 23.6 Å². The van der Waals surface area contributed by atoms with Gasteiger partial charge in [-0.2, -0.15) is 0 Å². The second kappa shape index (κ2) is 6.31. The quantitative estimate of drug-likeness (QED) is 0.789. The van der Waals surface area contributed by atoms with Crippen LogP contribution in [0.4, 0.5) is 4.39 Å². The Morgan fingerprint density at radius 2 is 1.95 bits per heavy atom. The second-order valence-corrected chi connectivity index (χ2v) is 7.00. The van der Waals surface area contributed by atoms with E-state index in [-0.39, 0.29) is 5.82 Å². The first-order valence-corrected chi connectivity index (χ1v) is 8.27. The van der Waals surface area contributed by atoms with Crippen LogP contribution in [0.15, 0.2) is 35.9 Å². The van der Waals surface area contributed by atoms with Crippen LogP contribution >= 0.6 is 0 Å².